The highest BCUT2D eigenvalue weighted by Crippen LogP contribution is 2.19. The first-order valence-corrected chi connectivity index (χ1v) is 9.64. The van der Waals surface area contributed by atoms with Crippen molar-refractivity contribution in [2.24, 2.45) is 0 Å². The highest BCUT2D eigenvalue weighted by molar-refractivity contribution is 5.79. The fourth-order valence-electron chi connectivity index (χ4n) is 3.73. The second kappa shape index (κ2) is 7.43. The predicted molar refractivity (Wildman–Crippen MR) is 109 cm³/mol. The van der Waals surface area contributed by atoms with Gasteiger partial charge in [0.15, 0.2) is 0 Å². The van der Waals surface area contributed by atoms with E-state index >= 15 is 0 Å². The summed E-state index contributed by atoms with van der Waals surface area (Å²) < 4.78 is 0. The number of aromatic amines is 1. The van der Waals surface area contributed by atoms with E-state index in [1.54, 1.807) is 0 Å². The molecule has 2 heterocycles. The summed E-state index contributed by atoms with van der Waals surface area (Å²) in [5.41, 5.74) is 5.57. The van der Waals surface area contributed by atoms with Crippen molar-refractivity contribution in [2.75, 3.05) is 31.1 Å². The summed E-state index contributed by atoms with van der Waals surface area (Å²) in [7, 11) is 0. The molecule has 1 fully saturated rings. The van der Waals surface area contributed by atoms with Gasteiger partial charge in [-0.2, -0.15) is 0 Å². The first kappa shape index (κ1) is 17.6. The van der Waals surface area contributed by atoms with Crippen LogP contribution in [0.4, 0.5) is 5.95 Å². The van der Waals surface area contributed by atoms with E-state index in [0.29, 0.717) is 6.42 Å². The van der Waals surface area contributed by atoms with Gasteiger partial charge in [-0.1, -0.05) is 35.9 Å². The number of amides is 1. The molecule has 5 heteroatoms. The van der Waals surface area contributed by atoms with Gasteiger partial charge in [0.05, 0.1) is 17.5 Å². The third-order valence-electron chi connectivity index (χ3n) is 5.37. The van der Waals surface area contributed by atoms with Crippen molar-refractivity contribution in [3.05, 3.63) is 59.2 Å². The van der Waals surface area contributed by atoms with Crippen LogP contribution in [0.5, 0.6) is 0 Å². The van der Waals surface area contributed by atoms with Gasteiger partial charge < -0.3 is 14.8 Å². The Labute approximate surface area is 160 Å². The molecule has 1 aromatic heterocycles. The zero-order valence-electron chi connectivity index (χ0n) is 16.0. The molecule has 1 N–H and O–H groups in total. The number of benzene rings is 2. The SMILES string of the molecule is Cc1ccc(C)c(CC(=O)N2CCCN(c3nc4ccccc4[nH]3)CC2)c1. The van der Waals surface area contributed by atoms with Crippen LogP contribution in [0, 0.1) is 13.8 Å². The number of aryl methyl sites for hydroxylation is 2. The minimum Gasteiger partial charge on any atom is -0.341 e. The summed E-state index contributed by atoms with van der Waals surface area (Å²) in [6.45, 7) is 7.41. The Balaban J connectivity index is 1.43. The number of imidazole rings is 1. The third-order valence-corrected chi connectivity index (χ3v) is 5.37. The molecule has 3 aromatic rings. The number of nitrogens with one attached hydrogen (secondary N) is 1. The van der Waals surface area contributed by atoms with Gasteiger partial charge in [-0.3, -0.25) is 4.79 Å². The molecule has 1 aliphatic heterocycles. The second-order valence-corrected chi connectivity index (χ2v) is 7.41. The van der Waals surface area contributed by atoms with E-state index in [1.807, 2.05) is 29.2 Å². The lowest BCUT2D eigenvalue weighted by molar-refractivity contribution is -0.130. The Kier molecular flexibility index (Phi) is 4.84. The van der Waals surface area contributed by atoms with Gasteiger partial charge in [0, 0.05) is 26.2 Å². The van der Waals surface area contributed by atoms with Gasteiger partial charge in [-0.05, 0) is 43.5 Å². The summed E-state index contributed by atoms with van der Waals surface area (Å²) >= 11 is 0. The fraction of sp³-hybridized carbons (Fsp3) is 0.364. The average Bonchev–Trinajstić information content (AvgIpc) is 2.93. The number of fused-ring (bicyclic) bond motifs is 1. The van der Waals surface area contributed by atoms with Crippen molar-refractivity contribution < 1.29 is 4.79 Å². The molecule has 0 bridgehead atoms. The summed E-state index contributed by atoms with van der Waals surface area (Å²) in [5, 5.41) is 0. The number of carbonyl (C=O) groups is 1. The van der Waals surface area contributed by atoms with Gasteiger partial charge in [0.2, 0.25) is 11.9 Å². The molecule has 1 saturated heterocycles. The first-order chi connectivity index (χ1) is 13.1. The molecule has 0 saturated carbocycles. The van der Waals surface area contributed by atoms with Gasteiger partial charge in [-0.25, -0.2) is 4.98 Å². The summed E-state index contributed by atoms with van der Waals surface area (Å²) in [6.07, 6.45) is 1.44. The van der Waals surface area contributed by atoms with Crippen LogP contribution in [-0.4, -0.2) is 47.0 Å². The Hall–Kier alpha value is -2.82. The molecule has 27 heavy (non-hydrogen) atoms. The van der Waals surface area contributed by atoms with E-state index in [0.717, 1.165) is 55.1 Å². The van der Waals surface area contributed by atoms with Gasteiger partial charge in [0.1, 0.15) is 0 Å². The van der Waals surface area contributed by atoms with Crippen molar-refractivity contribution in [3.63, 3.8) is 0 Å². The molecule has 5 nitrogen and oxygen atoms in total. The lowest BCUT2D eigenvalue weighted by atomic mass is 10.0. The van der Waals surface area contributed by atoms with Crippen LogP contribution in [0.25, 0.3) is 11.0 Å². The first-order valence-electron chi connectivity index (χ1n) is 9.64. The molecule has 0 atom stereocenters. The molecule has 0 spiro atoms. The number of rotatable bonds is 3. The predicted octanol–water partition coefficient (Wildman–Crippen LogP) is 3.46. The minimum atomic E-state index is 0.218. The van der Waals surface area contributed by atoms with Crippen LogP contribution in [-0.2, 0) is 11.2 Å². The maximum absolute atomic E-state index is 12.9. The van der Waals surface area contributed by atoms with Crippen molar-refractivity contribution in [2.45, 2.75) is 26.7 Å². The average molecular weight is 362 g/mol. The molecule has 4 rings (SSSR count). The van der Waals surface area contributed by atoms with Crippen molar-refractivity contribution in [1.29, 1.82) is 0 Å². The monoisotopic (exact) mass is 362 g/mol. The van der Waals surface area contributed by atoms with Crippen LogP contribution < -0.4 is 4.90 Å². The van der Waals surface area contributed by atoms with Crippen molar-refractivity contribution >= 4 is 22.9 Å². The van der Waals surface area contributed by atoms with E-state index < -0.39 is 0 Å². The molecule has 0 aliphatic carbocycles. The Morgan fingerprint density at radius 1 is 1.07 bits per heavy atom. The normalized spacial score (nSPS) is 15.2. The molecule has 1 aliphatic rings. The summed E-state index contributed by atoms with van der Waals surface area (Å²) in [6, 6.07) is 14.4. The van der Waals surface area contributed by atoms with E-state index in [-0.39, 0.29) is 5.91 Å². The summed E-state index contributed by atoms with van der Waals surface area (Å²) in [4.78, 5) is 25.2. The number of hydrogen-bond acceptors (Lipinski definition) is 3. The molecule has 140 valence electrons. The van der Waals surface area contributed by atoms with Gasteiger partial charge >= 0.3 is 0 Å². The zero-order chi connectivity index (χ0) is 18.8. The van der Waals surface area contributed by atoms with Gasteiger partial charge in [-0.15, -0.1) is 0 Å². The Morgan fingerprint density at radius 3 is 2.78 bits per heavy atom. The number of aromatic nitrogens is 2. The fourth-order valence-corrected chi connectivity index (χ4v) is 3.73. The van der Waals surface area contributed by atoms with Crippen molar-refractivity contribution in [3.8, 4) is 0 Å². The number of para-hydroxylation sites is 2. The maximum atomic E-state index is 12.9. The van der Waals surface area contributed by atoms with Crippen LogP contribution in [0.2, 0.25) is 0 Å². The van der Waals surface area contributed by atoms with E-state index in [2.05, 4.69) is 41.9 Å². The van der Waals surface area contributed by atoms with E-state index in [9.17, 15) is 4.79 Å². The Morgan fingerprint density at radius 2 is 1.93 bits per heavy atom. The largest absolute Gasteiger partial charge is 0.341 e. The summed E-state index contributed by atoms with van der Waals surface area (Å²) in [5.74, 6) is 1.12. The number of anilines is 1. The highest BCUT2D eigenvalue weighted by Gasteiger charge is 2.21. The van der Waals surface area contributed by atoms with E-state index in [1.165, 1.54) is 11.1 Å². The van der Waals surface area contributed by atoms with E-state index in [4.69, 9.17) is 4.98 Å². The van der Waals surface area contributed by atoms with Crippen LogP contribution >= 0.6 is 0 Å². The third kappa shape index (κ3) is 3.82. The smallest absolute Gasteiger partial charge is 0.227 e. The highest BCUT2D eigenvalue weighted by atomic mass is 16.2. The topological polar surface area (TPSA) is 52.2 Å². The quantitative estimate of drug-likeness (QED) is 0.776. The van der Waals surface area contributed by atoms with Gasteiger partial charge in [0.25, 0.3) is 0 Å². The molecule has 1 amide bonds. The number of H-pyrrole nitrogens is 1. The minimum absolute atomic E-state index is 0.218. The lowest BCUT2D eigenvalue weighted by Gasteiger charge is -2.22. The molecule has 0 radical (unpaired) electrons. The molecule has 0 unspecified atom stereocenters. The maximum Gasteiger partial charge on any atom is 0.227 e. The molecular weight excluding hydrogens is 336 g/mol. The van der Waals surface area contributed by atoms with Crippen LogP contribution in [0.3, 0.4) is 0 Å². The number of nitrogens with zero attached hydrogens (tertiary/aromatic N) is 3. The standard InChI is InChI=1S/C22H26N4O/c1-16-8-9-17(2)18(14-16)15-21(27)25-10-5-11-26(13-12-25)22-23-19-6-3-4-7-20(19)24-22/h3-4,6-9,14H,5,10-13,15H2,1-2H3,(H,23,24). The zero-order valence-corrected chi connectivity index (χ0v) is 16.0. The molecule has 2 aromatic carbocycles. The van der Waals surface area contributed by atoms with Crippen LogP contribution in [0.15, 0.2) is 42.5 Å². The van der Waals surface area contributed by atoms with Crippen LogP contribution in [0.1, 0.15) is 23.1 Å². The van der Waals surface area contributed by atoms with Crippen molar-refractivity contribution in [1.82, 2.24) is 14.9 Å². The lowest BCUT2D eigenvalue weighted by Crippen LogP contribution is -2.36. The Bertz CT molecular complexity index is 929. The number of carbonyl (C=O) groups excluding carboxylic acids is 1. The number of hydrogen-bond donors (Lipinski definition) is 1. The second-order valence-electron chi connectivity index (χ2n) is 7.41. The molecular formula is C22H26N4O.